The van der Waals surface area contributed by atoms with Gasteiger partial charge in [-0.2, -0.15) is 0 Å². The standard InChI is InChI=1S/C26H26F2N4O.C25H24F2N4O.C2H6/c1-31-12-14-32(15-13-31)26(33)19-6-11-22-23(16-19)30-25(18-4-9-21(28)10-5-18)24(29-22)17-2-7-20(27)8-3-17;1-30-10-12-31(13-11-30)25(32)18-14-21-22(15-18)29-24(17-4-8-20(27)9-5-17)23(28-21)16-2-6-19(26)7-3-16;1-2/h2-5,7-10,19H,6,11-16H2,1H3;2-9,18H,10-15H2,1H3;1-2H3. The summed E-state index contributed by atoms with van der Waals surface area (Å²) in [7, 11) is 4.14. The minimum Gasteiger partial charge on any atom is -0.340 e. The van der Waals surface area contributed by atoms with Gasteiger partial charge >= 0.3 is 0 Å². The molecule has 1 unspecified atom stereocenters. The maximum atomic E-state index is 13.6. The number of rotatable bonds is 6. The molecule has 2 aliphatic heterocycles. The highest BCUT2D eigenvalue weighted by molar-refractivity contribution is 5.83. The molecule has 67 heavy (non-hydrogen) atoms. The Balaban J connectivity index is 0.000000175. The number of halogens is 4. The summed E-state index contributed by atoms with van der Waals surface area (Å²) in [4.78, 5) is 54.3. The van der Waals surface area contributed by atoms with E-state index >= 15 is 0 Å². The Hall–Kier alpha value is -6.38. The van der Waals surface area contributed by atoms with Gasteiger partial charge in [0.05, 0.1) is 45.6 Å². The maximum Gasteiger partial charge on any atom is 0.226 e. The molecule has 10 nitrogen and oxygen atoms in total. The molecule has 2 aliphatic carbocycles. The average Bonchev–Trinajstić information content (AvgIpc) is 3.78. The minimum atomic E-state index is -0.330. The van der Waals surface area contributed by atoms with E-state index in [-0.39, 0.29) is 46.9 Å². The second-order valence-corrected chi connectivity index (χ2v) is 17.5. The molecule has 0 N–H and O–H groups in total. The smallest absolute Gasteiger partial charge is 0.226 e. The van der Waals surface area contributed by atoms with Gasteiger partial charge in [0.15, 0.2) is 0 Å². The van der Waals surface area contributed by atoms with Crippen LogP contribution in [0.25, 0.3) is 45.0 Å². The molecule has 4 aromatic carbocycles. The molecular weight excluding hydrogens is 857 g/mol. The van der Waals surface area contributed by atoms with Crippen LogP contribution in [-0.4, -0.2) is 118 Å². The summed E-state index contributed by atoms with van der Waals surface area (Å²) < 4.78 is 54.1. The van der Waals surface area contributed by atoms with Crippen LogP contribution < -0.4 is 0 Å². The van der Waals surface area contributed by atoms with E-state index in [1.54, 1.807) is 48.5 Å². The van der Waals surface area contributed by atoms with Crippen molar-refractivity contribution in [1.29, 1.82) is 0 Å². The van der Waals surface area contributed by atoms with Gasteiger partial charge in [-0.25, -0.2) is 37.5 Å². The monoisotopic (exact) mass is 912 g/mol. The quantitative estimate of drug-likeness (QED) is 0.154. The molecule has 1 atom stereocenters. The van der Waals surface area contributed by atoms with Crippen LogP contribution in [-0.2, 0) is 35.3 Å². The van der Waals surface area contributed by atoms with Crippen LogP contribution in [0.1, 0.15) is 43.0 Å². The average molecular weight is 913 g/mol. The fourth-order valence-corrected chi connectivity index (χ4v) is 9.08. The highest BCUT2D eigenvalue weighted by Crippen LogP contribution is 2.36. The summed E-state index contributed by atoms with van der Waals surface area (Å²) >= 11 is 0. The lowest BCUT2D eigenvalue weighted by atomic mass is 9.87. The van der Waals surface area contributed by atoms with Crippen molar-refractivity contribution in [2.24, 2.45) is 11.8 Å². The Bertz CT molecular complexity index is 2590. The number of piperazine rings is 2. The zero-order valence-corrected chi connectivity index (χ0v) is 38.5. The van der Waals surface area contributed by atoms with Crippen LogP contribution in [0.4, 0.5) is 17.6 Å². The van der Waals surface area contributed by atoms with Crippen molar-refractivity contribution >= 4 is 11.8 Å². The number of nitrogens with zero attached hydrogens (tertiary/aromatic N) is 8. The van der Waals surface area contributed by atoms with Gasteiger partial charge in [-0.15, -0.1) is 0 Å². The number of hydrogen-bond donors (Lipinski definition) is 0. The highest BCUT2D eigenvalue weighted by atomic mass is 19.1. The fourth-order valence-electron chi connectivity index (χ4n) is 9.08. The molecule has 4 heterocycles. The number of carbonyl (C=O) groups excluding carboxylic acids is 2. The minimum absolute atomic E-state index is 0.104. The van der Waals surface area contributed by atoms with E-state index in [4.69, 9.17) is 19.9 Å². The fraction of sp³-hybridized carbons (Fsp3) is 0.358. The summed E-state index contributed by atoms with van der Waals surface area (Å²) in [6.07, 6.45) is 3.05. The largest absolute Gasteiger partial charge is 0.340 e. The molecule has 2 aromatic heterocycles. The van der Waals surface area contributed by atoms with Crippen molar-refractivity contribution in [3.8, 4) is 45.0 Å². The second kappa shape index (κ2) is 21.1. The van der Waals surface area contributed by atoms with Crippen LogP contribution >= 0.6 is 0 Å². The Morgan fingerprint density at radius 3 is 1.01 bits per heavy atom. The normalized spacial score (nSPS) is 17.4. The zero-order chi connectivity index (χ0) is 47.2. The van der Waals surface area contributed by atoms with Crippen LogP contribution in [0.5, 0.6) is 0 Å². The number of aromatic nitrogens is 4. The summed E-state index contributed by atoms with van der Waals surface area (Å²) in [6.45, 7) is 10.5. The molecule has 0 saturated carbocycles. The number of fused-ring (bicyclic) bond motifs is 2. The molecule has 0 radical (unpaired) electrons. The van der Waals surface area contributed by atoms with Crippen molar-refractivity contribution in [2.75, 3.05) is 66.5 Å². The molecule has 2 saturated heterocycles. The number of benzene rings is 4. The van der Waals surface area contributed by atoms with E-state index in [0.717, 1.165) is 104 Å². The van der Waals surface area contributed by atoms with Gasteiger partial charge in [0.1, 0.15) is 23.3 Å². The number of aryl methyl sites for hydroxylation is 1. The van der Waals surface area contributed by atoms with Crippen LogP contribution in [0.2, 0.25) is 0 Å². The van der Waals surface area contributed by atoms with Crippen molar-refractivity contribution in [2.45, 2.75) is 46.0 Å². The van der Waals surface area contributed by atoms with E-state index in [0.29, 0.717) is 48.5 Å². The molecule has 10 rings (SSSR count). The van der Waals surface area contributed by atoms with Gasteiger partial charge in [-0.1, -0.05) is 13.8 Å². The number of carbonyl (C=O) groups is 2. The van der Waals surface area contributed by atoms with Crippen molar-refractivity contribution in [1.82, 2.24) is 39.5 Å². The molecule has 348 valence electrons. The van der Waals surface area contributed by atoms with Gasteiger partial charge in [0, 0.05) is 106 Å². The first-order valence-corrected chi connectivity index (χ1v) is 23.2. The maximum absolute atomic E-state index is 13.6. The third-order valence-electron chi connectivity index (χ3n) is 12.9. The van der Waals surface area contributed by atoms with Crippen molar-refractivity contribution in [3.05, 3.63) is 143 Å². The summed E-state index contributed by atoms with van der Waals surface area (Å²) in [5, 5.41) is 0. The Morgan fingerprint density at radius 1 is 0.418 bits per heavy atom. The lowest BCUT2D eigenvalue weighted by Crippen LogP contribution is -2.49. The molecule has 2 fully saturated rings. The molecule has 0 spiro atoms. The zero-order valence-electron chi connectivity index (χ0n) is 38.5. The van der Waals surface area contributed by atoms with Crippen molar-refractivity contribution < 1.29 is 27.2 Å². The molecule has 14 heteroatoms. The van der Waals surface area contributed by atoms with Gasteiger partial charge in [0.2, 0.25) is 11.8 Å². The van der Waals surface area contributed by atoms with Gasteiger partial charge in [-0.05, 0) is 124 Å². The predicted octanol–water partition coefficient (Wildman–Crippen LogP) is 8.57. The van der Waals surface area contributed by atoms with Gasteiger partial charge < -0.3 is 19.6 Å². The van der Waals surface area contributed by atoms with E-state index < -0.39 is 0 Å². The Morgan fingerprint density at radius 2 is 0.687 bits per heavy atom. The third kappa shape index (κ3) is 10.9. The first kappa shape index (κ1) is 47.1. The van der Waals surface area contributed by atoms with Gasteiger partial charge in [0.25, 0.3) is 0 Å². The third-order valence-corrected chi connectivity index (χ3v) is 12.9. The van der Waals surface area contributed by atoms with E-state index in [1.807, 2.05) is 23.6 Å². The number of hydrogen-bond acceptors (Lipinski definition) is 8. The number of likely N-dealkylation sites (N-methyl/N-ethyl adjacent to an activating group) is 2. The first-order chi connectivity index (χ1) is 32.4. The predicted molar refractivity (Wildman–Crippen MR) is 252 cm³/mol. The van der Waals surface area contributed by atoms with Crippen LogP contribution in [0.15, 0.2) is 97.1 Å². The van der Waals surface area contributed by atoms with Crippen LogP contribution in [0.3, 0.4) is 0 Å². The molecular formula is C53H56F4N8O2. The lowest BCUT2D eigenvalue weighted by Gasteiger charge is -2.35. The summed E-state index contributed by atoms with van der Waals surface area (Å²) in [6, 6.07) is 24.5. The topological polar surface area (TPSA) is 98.7 Å². The van der Waals surface area contributed by atoms with Crippen LogP contribution in [0, 0.1) is 35.1 Å². The summed E-state index contributed by atoms with van der Waals surface area (Å²) in [5.74, 6) is -1.23. The Labute approximate surface area is 389 Å². The van der Waals surface area contributed by atoms with E-state index in [2.05, 4.69) is 23.9 Å². The highest BCUT2D eigenvalue weighted by Gasteiger charge is 2.35. The van der Waals surface area contributed by atoms with E-state index in [1.165, 1.54) is 48.5 Å². The molecule has 0 bridgehead atoms. The Kier molecular flexibility index (Phi) is 14.8. The lowest BCUT2D eigenvalue weighted by molar-refractivity contribution is -0.138. The van der Waals surface area contributed by atoms with E-state index in [9.17, 15) is 27.2 Å². The summed E-state index contributed by atoms with van der Waals surface area (Å²) in [5.41, 5.74) is 8.75. The molecule has 2 amide bonds. The molecule has 4 aliphatic rings. The molecule has 6 aromatic rings. The second-order valence-electron chi connectivity index (χ2n) is 17.5. The SMILES string of the molecule is CC.CN1CCN(C(=O)C2CCc3nc(-c4ccc(F)cc4)c(-c4ccc(F)cc4)nc3C2)CC1.CN1CCN(C(=O)C2Cc3nc(-c4ccc(F)cc4)c(-c4ccc(F)cc4)nc3C2)CC1. The van der Waals surface area contributed by atoms with Crippen molar-refractivity contribution in [3.63, 3.8) is 0 Å². The van der Waals surface area contributed by atoms with Gasteiger partial charge in [-0.3, -0.25) is 9.59 Å². The first-order valence-electron chi connectivity index (χ1n) is 23.2. The number of amides is 2.